The zero-order chi connectivity index (χ0) is 12.1. The fourth-order valence-corrected chi connectivity index (χ4v) is 1.80. The van der Waals surface area contributed by atoms with Gasteiger partial charge < -0.3 is 19.9 Å². The first-order valence-corrected chi connectivity index (χ1v) is 6.09. The minimum atomic E-state index is -0.502. The van der Waals surface area contributed by atoms with Crippen LogP contribution in [0.2, 0.25) is 0 Å². The summed E-state index contributed by atoms with van der Waals surface area (Å²) in [6.45, 7) is 4.74. The number of fused-ring (bicyclic) bond motifs is 1. The van der Waals surface area contributed by atoms with Crippen LogP contribution < -0.4 is 14.8 Å². The van der Waals surface area contributed by atoms with Gasteiger partial charge in [-0.15, -0.1) is 0 Å². The van der Waals surface area contributed by atoms with E-state index in [2.05, 4.69) is 12.2 Å². The van der Waals surface area contributed by atoms with Gasteiger partial charge in [-0.05, 0) is 30.7 Å². The first kappa shape index (κ1) is 12.2. The summed E-state index contributed by atoms with van der Waals surface area (Å²) in [4.78, 5) is 0. The molecule has 1 aliphatic rings. The Labute approximate surface area is 102 Å². The third-order valence-electron chi connectivity index (χ3n) is 2.72. The van der Waals surface area contributed by atoms with Gasteiger partial charge in [0.25, 0.3) is 0 Å². The Morgan fingerprint density at radius 2 is 2.06 bits per heavy atom. The molecule has 0 radical (unpaired) electrons. The van der Waals surface area contributed by atoms with E-state index in [1.807, 2.05) is 18.2 Å². The third-order valence-corrected chi connectivity index (χ3v) is 2.72. The van der Waals surface area contributed by atoms with Crippen molar-refractivity contribution in [3.8, 4) is 11.5 Å². The molecule has 4 nitrogen and oxygen atoms in total. The van der Waals surface area contributed by atoms with Crippen molar-refractivity contribution >= 4 is 0 Å². The summed E-state index contributed by atoms with van der Waals surface area (Å²) in [7, 11) is 0. The number of benzene rings is 1. The molecule has 4 heteroatoms. The van der Waals surface area contributed by atoms with E-state index in [1.165, 1.54) is 0 Å². The van der Waals surface area contributed by atoms with Crippen molar-refractivity contribution in [1.29, 1.82) is 0 Å². The van der Waals surface area contributed by atoms with Gasteiger partial charge in [0.05, 0.1) is 6.10 Å². The Hall–Kier alpha value is -1.26. The van der Waals surface area contributed by atoms with Gasteiger partial charge in [-0.3, -0.25) is 0 Å². The molecule has 0 bridgehead atoms. The number of rotatable bonds is 5. The van der Waals surface area contributed by atoms with Gasteiger partial charge in [0.1, 0.15) is 13.2 Å². The van der Waals surface area contributed by atoms with Crippen molar-refractivity contribution in [2.75, 3.05) is 26.3 Å². The Kier molecular flexibility index (Phi) is 4.23. The molecule has 1 aromatic rings. The van der Waals surface area contributed by atoms with Crippen LogP contribution in [0, 0.1) is 0 Å². The highest BCUT2D eigenvalue weighted by atomic mass is 16.6. The monoisotopic (exact) mass is 237 g/mol. The highest BCUT2D eigenvalue weighted by Crippen LogP contribution is 2.32. The minimum absolute atomic E-state index is 0.502. The second-order valence-electron chi connectivity index (χ2n) is 4.12. The van der Waals surface area contributed by atoms with E-state index in [1.54, 1.807) is 0 Å². The van der Waals surface area contributed by atoms with Crippen LogP contribution in [0.4, 0.5) is 0 Å². The lowest BCUT2D eigenvalue weighted by atomic mass is 10.1. The standard InChI is InChI=1S/C13H19NO3/c1-2-5-14-9-11(15)10-3-4-12-13(8-10)17-7-6-16-12/h3-4,8,11,14-15H,2,5-7,9H2,1H3. The lowest BCUT2D eigenvalue weighted by molar-refractivity contribution is 0.163. The maximum absolute atomic E-state index is 9.99. The van der Waals surface area contributed by atoms with Crippen molar-refractivity contribution in [2.45, 2.75) is 19.4 Å². The molecule has 1 heterocycles. The number of hydrogen-bond acceptors (Lipinski definition) is 4. The normalized spacial score (nSPS) is 15.6. The van der Waals surface area contributed by atoms with Crippen molar-refractivity contribution < 1.29 is 14.6 Å². The van der Waals surface area contributed by atoms with Gasteiger partial charge in [-0.2, -0.15) is 0 Å². The van der Waals surface area contributed by atoms with E-state index in [0.717, 1.165) is 30.0 Å². The molecule has 1 aliphatic heterocycles. The Morgan fingerprint density at radius 1 is 1.29 bits per heavy atom. The van der Waals surface area contributed by atoms with Crippen LogP contribution >= 0.6 is 0 Å². The maximum Gasteiger partial charge on any atom is 0.161 e. The summed E-state index contributed by atoms with van der Waals surface area (Å²) in [6.07, 6.45) is 0.561. The molecule has 1 unspecified atom stereocenters. The third kappa shape index (κ3) is 3.11. The molecule has 17 heavy (non-hydrogen) atoms. The van der Waals surface area contributed by atoms with Crippen LogP contribution in [0.5, 0.6) is 11.5 Å². The van der Waals surface area contributed by atoms with Gasteiger partial charge in [0, 0.05) is 6.54 Å². The van der Waals surface area contributed by atoms with Crippen molar-refractivity contribution in [3.63, 3.8) is 0 Å². The van der Waals surface area contributed by atoms with E-state index < -0.39 is 6.10 Å². The zero-order valence-corrected chi connectivity index (χ0v) is 10.1. The molecule has 94 valence electrons. The smallest absolute Gasteiger partial charge is 0.161 e. The second kappa shape index (κ2) is 5.89. The predicted octanol–water partition coefficient (Wildman–Crippen LogP) is 1.49. The highest BCUT2D eigenvalue weighted by Gasteiger charge is 2.14. The quantitative estimate of drug-likeness (QED) is 0.762. The SMILES string of the molecule is CCCNCC(O)c1ccc2c(c1)OCCO2. The maximum atomic E-state index is 9.99. The largest absolute Gasteiger partial charge is 0.486 e. The average molecular weight is 237 g/mol. The van der Waals surface area contributed by atoms with Gasteiger partial charge >= 0.3 is 0 Å². The highest BCUT2D eigenvalue weighted by molar-refractivity contribution is 5.44. The molecule has 0 aliphatic carbocycles. The fourth-order valence-electron chi connectivity index (χ4n) is 1.80. The molecular formula is C13H19NO3. The lowest BCUT2D eigenvalue weighted by Crippen LogP contribution is -2.22. The lowest BCUT2D eigenvalue weighted by Gasteiger charge is -2.20. The number of ether oxygens (including phenoxy) is 2. The van der Waals surface area contributed by atoms with Gasteiger partial charge in [0.15, 0.2) is 11.5 Å². The Bertz CT molecular complexity index is 368. The minimum Gasteiger partial charge on any atom is -0.486 e. The first-order valence-electron chi connectivity index (χ1n) is 6.09. The molecule has 1 atom stereocenters. The van der Waals surface area contributed by atoms with E-state index >= 15 is 0 Å². The average Bonchev–Trinajstić information content (AvgIpc) is 2.38. The van der Waals surface area contributed by atoms with E-state index in [9.17, 15) is 5.11 Å². The summed E-state index contributed by atoms with van der Waals surface area (Å²) in [5.74, 6) is 1.48. The number of aliphatic hydroxyl groups is 1. The topological polar surface area (TPSA) is 50.7 Å². The van der Waals surface area contributed by atoms with Crippen LogP contribution in [0.3, 0.4) is 0 Å². The molecule has 0 aromatic heterocycles. The summed E-state index contributed by atoms with van der Waals surface area (Å²) in [5, 5.41) is 13.2. The summed E-state index contributed by atoms with van der Waals surface area (Å²) >= 11 is 0. The van der Waals surface area contributed by atoms with Crippen LogP contribution in [0.25, 0.3) is 0 Å². The Balaban J connectivity index is 2.00. The van der Waals surface area contributed by atoms with Crippen LogP contribution in [-0.4, -0.2) is 31.4 Å². The molecule has 0 fully saturated rings. The summed E-state index contributed by atoms with van der Waals surface area (Å²) < 4.78 is 10.9. The van der Waals surface area contributed by atoms with Crippen molar-refractivity contribution in [2.24, 2.45) is 0 Å². The predicted molar refractivity (Wildman–Crippen MR) is 65.6 cm³/mol. The molecule has 0 saturated heterocycles. The molecular weight excluding hydrogens is 218 g/mol. The number of nitrogens with one attached hydrogen (secondary N) is 1. The van der Waals surface area contributed by atoms with E-state index in [4.69, 9.17) is 9.47 Å². The van der Waals surface area contributed by atoms with Crippen molar-refractivity contribution in [1.82, 2.24) is 5.32 Å². The first-order chi connectivity index (χ1) is 8.31. The fraction of sp³-hybridized carbons (Fsp3) is 0.538. The van der Waals surface area contributed by atoms with Crippen LogP contribution in [0.15, 0.2) is 18.2 Å². The molecule has 2 rings (SSSR count). The van der Waals surface area contributed by atoms with Crippen LogP contribution in [-0.2, 0) is 0 Å². The molecule has 1 aromatic carbocycles. The molecule has 0 saturated carbocycles. The number of aliphatic hydroxyl groups excluding tert-OH is 1. The van der Waals surface area contributed by atoms with Crippen LogP contribution in [0.1, 0.15) is 25.0 Å². The molecule has 0 amide bonds. The van der Waals surface area contributed by atoms with E-state index in [-0.39, 0.29) is 0 Å². The number of hydrogen-bond donors (Lipinski definition) is 2. The molecule has 0 spiro atoms. The second-order valence-corrected chi connectivity index (χ2v) is 4.12. The summed E-state index contributed by atoms with van der Waals surface area (Å²) in [6, 6.07) is 5.59. The van der Waals surface area contributed by atoms with Gasteiger partial charge in [0.2, 0.25) is 0 Å². The summed E-state index contributed by atoms with van der Waals surface area (Å²) in [5.41, 5.74) is 0.859. The van der Waals surface area contributed by atoms with E-state index in [0.29, 0.717) is 19.8 Å². The Morgan fingerprint density at radius 3 is 2.82 bits per heavy atom. The zero-order valence-electron chi connectivity index (χ0n) is 10.1. The van der Waals surface area contributed by atoms with Gasteiger partial charge in [-0.1, -0.05) is 13.0 Å². The molecule has 2 N–H and O–H groups in total. The van der Waals surface area contributed by atoms with Gasteiger partial charge in [-0.25, -0.2) is 0 Å². The van der Waals surface area contributed by atoms with Crippen molar-refractivity contribution in [3.05, 3.63) is 23.8 Å².